The number of thiophene rings is 1. The topological polar surface area (TPSA) is 25.8 Å². The molecule has 0 amide bonds. The van der Waals surface area contributed by atoms with E-state index in [0.29, 0.717) is 0 Å². The van der Waals surface area contributed by atoms with Gasteiger partial charge in [0.25, 0.3) is 0 Å². The molecule has 0 atom stereocenters. The SMILES string of the molecule is Brc1ccc(SCc2nc(SC3CCCC3)c3c4c(sc3n2)CCCC4)cc1. The third-order valence-corrected chi connectivity index (χ3v) is 9.64. The number of aromatic nitrogens is 2. The summed E-state index contributed by atoms with van der Waals surface area (Å²) in [5.41, 5.74) is 1.57. The first-order valence-corrected chi connectivity index (χ1v) is 13.6. The molecule has 6 heteroatoms. The molecule has 28 heavy (non-hydrogen) atoms. The molecule has 0 aliphatic heterocycles. The highest BCUT2D eigenvalue weighted by Crippen LogP contribution is 2.43. The zero-order valence-electron chi connectivity index (χ0n) is 15.7. The van der Waals surface area contributed by atoms with Crippen LogP contribution < -0.4 is 0 Å². The Balaban J connectivity index is 1.47. The molecule has 2 aliphatic rings. The summed E-state index contributed by atoms with van der Waals surface area (Å²) in [6, 6.07) is 8.51. The van der Waals surface area contributed by atoms with Crippen LogP contribution in [0.4, 0.5) is 0 Å². The Morgan fingerprint density at radius 3 is 2.61 bits per heavy atom. The number of hydrogen-bond acceptors (Lipinski definition) is 5. The summed E-state index contributed by atoms with van der Waals surface area (Å²) in [6.45, 7) is 0. The van der Waals surface area contributed by atoms with Crippen molar-refractivity contribution < 1.29 is 0 Å². The third kappa shape index (κ3) is 4.16. The fourth-order valence-electron chi connectivity index (χ4n) is 4.16. The zero-order chi connectivity index (χ0) is 18.9. The lowest BCUT2D eigenvalue weighted by atomic mass is 9.97. The van der Waals surface area contributed by atoms with E-state index in [0.717, 1.165) is 21.3 Å². The van der Waals surface area contributed by atoms with Crippen LogP contribution >= 0.6 is 50.8 Å². The van der Waals surface area contributed by atoms with Gasteiger partial charge in [-0.25, -0.2) is 9.97 Å². The summed E-state index contributed by atoms with van der Waals surface area (Å²) in [6.07, 6.45) is 10.5. The van der Waals surface area contributed by atoms with Crippen LogP contribution in [0.25, 0.3) is 10.2 Å². The summed E-state index contributed by atoms with van der Waals surface area (Å²) in [7, 11) is 0. The van der Waals surface area contributed by atoms with Gasteiger partial charge in [0.05, 0.1) is 5.75 Å². The van der Waals surface area contributed by atoms with Gasteiger partial charge in [0.2, 0.25) is 0 Å². The molecule has 1 aromatic carbocycles. The van der Waals surface area contributed by atoms with Crippen LogP contribution in [-0.2, 0) is 18.6 Å². The predicted octanol–water partition coefficient (Wildman–Crippen LogP) is 7.66. The minimum absolute atomic E-state index is 0.740. The number of fused-ring (bicyclic) bond motifs is 3. The average molecular weight is 492 g/mol. The van der Waals surface area contributed by atoms with Crippen molar-refractivity contribution in [3.63, 3.8) is 0 Å². The molecule has 2 aliphatic carbocycles. The zero-order valence-corrected chi connectivity index (χ0v) is 19.8. The van der Waals surface area contributed by atoms with Crippen LogP contribution in [-0.4, -0.2) is 15.2 Å². The van der Waals surface area contributed by atoms with Gasteiger partial charge in [-0.1, -0.05) is 28.8 Å². The highest BCUT2D eigenvalue weighted by atomic mass is 79.9. The van der Waals surface area contributed by atoms with Gasteiger partial charge in [-0.3, -0.25) is 0 Å². The van der Waals surface area contributed by atoms with Gasteiger partial charge in [-0.2, -0.15) is 0 Å². The van der Waals surface area contributed by atoms with Gasteiger partial charge in [-0.05, 0) is 68.4 Å². The molecule has 2 heterocycles. The Morgan fingerprint density at radius 1 is 1.00 bits per heavy atom. The van der Waals surface area contributed by atoms with Crippen LogP contribution in [0.5, 0.6) is 0 Å². The summed E-state index contributed by atoms with van der Waals surface area (Å²) in [5, 5.41) is 3.40. The molecule has 3 aromatic rings. The number of benzene rings is 1. The van der Waals surface area contributed by atoms with Crippen molar-refractivity contribution in [3.8, 4) is 0 Å². The molecule has 146 valence electrons. The van der Waals surface area contributed by atoms with Crippen molar-refractivity contribution in [1.82, 2.24) is 9.97 Å². The molecule has 2 aromatic heterocycles. The molecule has 5 rings (SSSR count). The van der Waals surface area contributed by atoms with Crippen LogP contribution in [0, 0.1) is 0 Å². The maximum Gasteiger partial charge on any atom is 0.141 e. The molecule has 0 spiro atoms. The van der Waals surface area contributed by atoms with Crippen LogP contribution in [0.3, 0.4) is 0 Å². The van der Waals surface area contributed by atoms with E-state index in [1.807, 2.05) is 34.9 Å². The fraction of sp³-hybridized carbons (Fsp3) is 0.455. The number of halogens is 1. The van der Waals surface area contributed by atoms with Crippen molar-refractivity contribution in [2.75, 3.05) is 0 Å². The molecular formula is C22H23BrN2S3. The van der Waals surface area contributed by atoms with E-state index >= 15 is 0 Å². The van der Waals surface area contributed by atoms with Gasteiger partial charge in [0, 0.05) is 24.9 Å². The van der Waals surface area contributed by atoms with Crippen molar-refractivity contribution in [2.24, 2.45) is 0 Å². The molecule has 1 fully saturated rings. The lowest BCUT2D eigenvalue weighted by molar-refractivity contribution is 0.699. The minimum Gasteiger partial charge on any atom is -0.225 e. The van der Waals surface area contributed by atoms with Gasteiger partial charge in [0.15, 0.2) is 0 Å². The molecule has 0 saturated heterocycles. The van der Waals surface area contributed by atoms with Crippen molar-refractivity contribution in [3.05, 3.63) is 45.0 Å². The Hall–Kier alpha value is -0.560. The van der Waals surface area contributed by atoms with Gasteiger partial charge < -0.3 is 0 Å². The van der Waals surface area contributed by atoms with Crippen LogP contribution in [0.1, 0.15) is 54.8 Å². The number of hydrogen-bond donors (Lipinski definition) is 0. The molecule has 1 saturated carbocycles. The second kappa shape index (κ2) is 8.66. The third-order valence-electron chi connectivity index (χ3n) is 5.59. The first-order chi connectivity index (χ1) is 13.8. The van der Waals surface area contributed by atoms with E-state index in [2.05, 4.69) is 40.2 Å². The standard InChI is InChI=1S/C22H23BrN2S3/c23-14-9-11-15(12-10-14)26-13-19-24-21(27-16-5-1-2-6-16)20-17-7-3-4-8-18(17)28-22(20)25-19/h9-12,16H,1-8,13H2. The second-order valence-corrected chi connectivity index (χ2v) is 11.9. The molecule has 0 radical (unpaired) electrons. The van der Waals surface area contributed by atoms with E-state index in [1.165, 1.54) is 71.5 Å². The van der Waals surface area contributed by atoms with Crippen molar-refractivity contribution >= 4 is 61.0 Å². The van der Waals surface area contributed by atoms with Gasteiger partial charge >= 0.3 is 0 Å². The monoisotopic (exact) mass is 490 g/mol. The Kier molecular flexibility index (Phi) is 6.01. The number of nitrogens with zero attached hydrogens (tertiary/aromatic N) is 2. The highest BCUT2D eigenvalue weighted by Gasteiger charge is 2.24. The fourth-order valence-corrected chi connectivity index (χ4v) is 7.90. The van der Waals surface area contributed by atoms with E-state index in [4.69, 9.17) is 9.97 Å². The Bertz CT molecular complexity index is 978. The van der Waals surface area contributed by atoms with Crippen molar-refractivity contribution in [2.45, 2.75) is 72.3 Å². The average Bonchev–Trinajstić information content (AvgIpc) is 3.34. The minimum atomic E-state index is 0.740. The van der Waals surface area contributed by atoms with E-state index in [9.17, 15) is 0 Å². The Labute approximate surface area is 187 Å². The van der Waals surface area contributed by atoms with E-state index in [-0.39, 0.29) is 0 Å². The Morgan fingerprint density at radius 2 is 1.79 bits per heavy atom. The smallest absolute Gasteiger partial charge is 0.141 e. The molecule has 0 unspecified atom stereocenters. The van der Waals surface area contributed by atoms with Crippen LogP contribution in [0.2, 0.25) is 0 Å². The predicted molar refractivity (Wildman–Crippen MR) is 126 cm³/mol. The largest absolute Gasteiger partial charge is 0.225 e. The summed E-state index contributed by atoms with van der Waals surface area (Å²) >= 11 is 9.30. The lowest BCUT2D eigenvalue weighted by Crippen LogP contribution is -2.02. The van der Waals surface area contributed by atoms with Crippen molar-refractivity contribution in [1.29, 1.82) is 0 Å². The number of rotatable bonds is 5. The van der Waals surface area contributed by atoms with E-state index < -0.39 is 0 Å². The normalized spacial score (nSPS) is 17.3. The summed E-state index contributed by atoms with van der Waals surface area (Å²) < 4.78 is 1.12. The van der Waals surface area contributed by atoms with Gasteiger partial charge in [0.1, 0.15) is 15.7 Å². The molecule has 0 N–H and O–H groups in total. The summed E-state index contributed by atoms with van der Waals surface area (Å²) in [5.74, 6) is 1.82. The number of thioether (sulfide) groups is 2. The first-order valence-electron chi connectivity index (χ1n) is 10.1. The van der Waals surface area contributed by atoms with Gasteiger partial charge in [-0.15, -0.1) is 34.9 Å². The first kappa shape index (κ1) is 19.4. The summed E-state index contributed by atoms with van der Waals surface area (Å²) in [4.78, 5) is 14.2. The van der Waals surface area contributed by atoms with Crippen LogP contribution in [0.15, 0.2) is 38.7 Å². The molecule has 0 bridgehead atoms. The second-order valence-electron chi connectivity index (χ2n) is 7.60. The molecular weight excluding hydrogens is 468 g/mol. The highest BCUT2D eigenvalue weighted by molar-refractivity contribution is 9.10. The molecule has 2 nitrogen and oxygen atoms in total. The lowest BCUT2D eigenvalue weighted by Gasteiger charge is -2.14. The number of aryl methyl sites for hydroxylation is 2. The maximum absolute atomic E-state index is 5.11. The quantitative estimate of drug-likeness (QED) is 0.270. The van der Waals surface area contributed by atoms with E-state index in [1.54, 1.807) is 10.4 Å². The maximum atomic E-state index is 5.11.